The molecule has 2 amide bonds. The van der Waals surface area contributed by atoms with Gasteiger partial charge in [0.05, 0.1) is 18.7 Å². The van der Waals surface area contributed by atoms with Gasteiger partial charge in [0.25, 0.3) is 0 Å². The monoisotopic (exact) mass is 627 g/mol. The molecule has 1 aliphatic heterocycles. The first-order valence-corrected chi connectivity index (χ1v) is 17.9. The Hall–Kier alpha value is -3.41. The number of ether oxygens (including phenoxy) is 2. The average molecular weight is 628 g/mol. The normalized spacial score (nSPS) is 20.0. The highest BCUT2D eigenvalue weighted by molar-refractivity contribution is 6.74. The number of nitrogens with zero attached hydrogens (tertiary/aromatic N) is 1. The minimum absolute atomic E-state index is 0.0196. The molecule has 3 aromatic rings. The van der Waals surface area contributed by atoms with Gasteiger partial charge in [-0.25, -0.2) is 14.0 Å². The number of hydrogen-bond donors (Lipinski definition) is 3. The quantitative estimate of drug-likeness (QED) is 0.240. The smallest absolute Gasteiger partial charge is 0.410 e. The molecule has 1 saturated heterocycles. The predicted molar refractivity (Wildman–Crippen MR) is 170 cm³/mol. The van der Waals surface area contributed by atoms with E-state index in [0.29, 0.717) is 16.5 Å². The Morgan fingerprint density at radius 3 is 2.43 bits per heavy atom. The van der Waals surface area contributed by atoms with E-state index in [-0.39, 0.29) is 24.7 Å². The van der Waals surface area contributed by atoms with Crippen molar-refractivity contribution in [2.45, 2.75) is 96.1 Å². The Balaban J connectivity index is 1.70. The molecule has 1 fully saturated rings. The van der Waals surface area contributed by atoms with Crippen LogP contribution in [0.1, 0.15) is 58.6 Å². The van der Waals surface area contributed by atoms with E-state index >= 15 is 0 Å². The standard InChI is InChI=1S/C33H46FN3O6Si/c1-32(2,3)42-31(40)37-19-27(43-44(7,8)33(4,5)6)29(38)28(37)25(24-17-35-26-16-22(34)14-15-23(24)26)18-36-30(39)41-20-21-12-10-9-11-13-21/h9-17,25,27-29,35,38H,18-20H2,1-8H3,(H,36,39). The van der Waals surface area contributed by atoms with E-state index in [1.807, 2.05) is 30.3 Å². The van der Waals surface area contributed by atoms with Gasteiger partial charge in [-0.3, -0.25) is 4.90 Å². The van der Waals surface area contributed by atoms with Crippen LogP contribution in [-0.2, 0) is 20.5 Å². The maximum atomic E-state index is 14.1. The molecule has 0 bridgehead atoms. The largest absolute Gasteiger partial charge is 0.445 e. The van der Waals surface area contributed by atoms with Crippen LogP contribution in [0.5, 0.6) is 0 Å². The average Bonchev–Trinajstić information content (AvgIpc) is 3.47. The summed E-state index contributed by atoms with van der Waals surface area (Å²) < 4.78 is 32.0. The first-order valence-electron chi connectivity index (χ1n) is 15.0. The first kappa shape index (κ1) is 33.5. The number of aromatic nitrogens is 1. The number of H-pyrrole nitrogens is 1. The van der Waals surface area contributed by atoms with Gasteiger partial charge in [-0.1, -0.05) is 51.1 Å². The summed E-state index contributed by atoms with van der Waals surface area (Å²) in [6.07, 6.45) is -1.29. The van der Waals surface area contributed by atoms with Crippen LogP contribution in [0.2, 0.25) is 18.1 Å². The summed E-state index contributed by atoms with van der Waals surface area (Å²) in [5.74, 6) is -1.03. The summed E-state index contributed by atoms with van der Waals surface area (Å²) in [6.45, 7) is 16.1. The fourth-order valence-electron chi connectivity index (χ4n) is 5.27. The second kappa shape index (κ2) is 12.9. The number of fused-ring (bicyclic) bond motifs is 1. The molecule has 240 valence electrons. The van der Waals surface area contributed by atoms with E-state index in [1.54, 1.807) is 33.0 Å². The molecule has 4 rings (SSSR count). The van der Waals surface area contributed by atoms with Gasteiger partial charge in [-0.05, 0) is 68.2 Å². The minimum Gasteiger partial charge on any atom is -0.445 e. The predicted octanol–water partition coefficient (Wildman–Crippen LogP) is 6.69. The summed E-state index contributed by atoms with van der Waals surface area (Å²) >= 11 is 0. The maximum Gasteiger partial charge on any atom is 0.410 e. The van der Waals surface area contributed by atoms with Crippen molar-refractivity contribution in [1.82, 2.24) is 15.2 Å². The van der Waals surface area contributed by atoms with Crippen molar-refractivity contribution in [2.75, 3.05) is 13.1 Å². The van der Waals surface area contributed by atoms with Gasteiger partial charge >= 0.3 is 12.2 Å². The Morgan fingerprint density at radius 2 is 1.80 bits per heavy atom. The zero-order valence-electron chi connectivity index (χ0n) is 26.9. The zero-order valence-corrected chi connectivity index (χ0v) is 27.9. The van der Waals surface area contributed by atoms with E-state index in [0.717, 1.165) is 5.56 Å². The van der Waals surface area contributed by atoms with Gasteiger partial charge in [-0.15, -0.1) is 0 Å². The lowest BCUT2D eigenvalue weighted by molar-refractivity contribution is 0.00929. The van der Waals surface area contributed by atoms with Gasteiger partial charge < -0.3 is 29.3 Å². The van der Waals surface area contributed by atoms with Gasteiger partial charge in [0.1, 0.15) is 24.1 Å². The third-order valence-corrected chi connectivity index (χ3v) is 13.0. The van der Waals surface area contributed by atoms with Gasteiger partial charge in [0, 0.05) is 29.6 Å². The van der Waals surface area contributed by atoms with E-state index in [1.165, 1.54) is 17.0 Å². The zero-order chi connectivity index (χ0) is 32.4. The molecule has 1 aromatic heterocycles. The molecule has 2 aromatic carbocycles. The summed E-state index contributed by atoms with van der Waals surface area (Å²) in [5, 5.41) is 15.3. The minimum atomic E-state index is -2.36. The fraction of sp³-hybridized carbons (Fsp3) is 0.515. The van der Waals surface area contributed by atoms with Gasteiger partial charge in [0.15, 0.2) is 8.32 Å². The fourth-order valence-corrected chi connectivity index (χ4v) is 6.60. The van der Waals surface area contributed by atoms with Crippen LogP contribution in [0.15, 0.2) is 54.7 Å². The van der Waals surface area contributed by atoms with Crippen LogP contribution in [0.3, 0.4) is 0 Å². The number of hydrogen-bond acceptors (Lipinski definition) is 6. The number of amides is 2. The Morgan fingerprint density at radius 1 is 1.11 bits per heavy atom. The topological polar surface area (TPSA) is 113 Å². The number of aliphatic hydroxyl groups is 1. The number of nitrogens with one attached hydrogen (secondary N) is 2. The summed E-state index contributed by atoms with van der Waals surface area (Å²) in [4.78, 5) is 31.2. The SMILES string of the molecule is CC(C)(C)OC(=O)N1CC(O[Si](C)(C)C(C)(C)C)C(O)C1C(CNC(=O)OCc1ccccc1)c1c[nH]c2cc(F)ccc12. The molecule has 4 atom stereocenters. The van der Waals surface area contributed by atoms with Gasteiger partial charge in [0.2, 0.25) is 0 Å². The lowest BCUT2D eigenvalue weighted by atomic mass is 9.87. The van der Waals surface area contributed by atoms with E-state index in [9.17, 15) is 19.1 Å². The van der Waals surface area contributed by atoms with Crippen LogP contribution < -0.4 is 5.32 Å². The number of rotatable bonds is 8. The molecule has 9 nitrogen and oxygen atoms in total. The van der Waals surface area contributed by atoms with Crippen molar-refractivity contribution < 1.29 is 33.0 Å². The van der Waals surface area contributed by atoms with E-state index < -0.39 is 56.1 Å². The second-order valence-corrected chi connectivity index (χ2v) is 18.8. The number of aromatic amines is 1. The maximum absolute atomic E-state index is 14.1. The van der Waals surface area contributed by atoms with Crippen LogP contribution in [0.4, 0.5) is 14.0 Å². The molecule has 2 heterocycles. The van der Waals surface area contributed by atoms with Crippen molar-refractivity contribution in [3.63, 3.8) is 0 Å². The van der Waals surface area contributed by atoms with Crippen LogP contribution in [-0.4, -0.2) is 72.4 Å². The number of halogens is 1. The Kier molecular flexibility index (Phi) is 9.82. The second-order valence-electron chi connectivity index (χ2n) is 14.0. The Bertz CT molecular complexity index is 1450. The molecule has 1 aliphatic rings. The molecule has 0 aliphatic carbocycles. The number of alkyl carbamates (subject to hydrolysis) is 1. The van der Waals surface area contributed by atoms with Gasteiger partial charge in [-0.2, -0.15) is 0 Å². The highest BCUT2D eigenvalue weighted by Gasteiger charge is 2.52. The van der Waals surface area contributed by atoms with Crippen LogP contribution >= 0.6 is 0 Å². The van der Waals surface area contributed by atoms with Crippen molar-refractivity contribution in [3.8, 4) is 0 Å². The number of benzene rings is 2. The molecular weight excluding hydrogens is 581 g/mol. The first-order chi connectivity index (χ1) is 20.5. The van der Waals surface area contributed by atoms with Crippen molar-refractivity contribution in [2.24, 2.45) is 0 Å². The molecule has 44 heavy (non-hydrogen) atoms. The molecule has 3 N–H and O–H groups in total. The Labute approximate surface area is 260 Å². The van der Waals surface area contributed by atoms with Crippen molar-refractivity contribution in [1.29, 1.82) is 0 Å². The summed E-state index contributed by atoms with van der Waals surface area (Å²) in [7, 11) is -2.36. The highest BCUT2D eigenvalue weighted by atomic mass is 28.4. The number of carbonyl (C=O) groups is 2. The molecule has 11 heteroatoms. The molecule has 4 unspecified atom stereocenters. The highest BCUT2D eigenvalue weighted by Crippen LogP contribution is 2.42. The van der Waals surface area contributed by atoms with Crippen LogP contribution in [0.25, 0.3) is 10.9 Å². The van der Waals surface area contributed by atoms with Crippen molar-refractivity contribution in [3.05, 3.63) is 71.7 Å². The summed E-state index contributed by atoms with van der Waals surface area (Å²) in [6, 6.07) is 12.9. The molecule has 0 saturated carbocycles. The number of likely N-dealkylation sites (tertiary alicyclic amines) is 1. The number of aliphatic hydroxyl groups excluding tert-OH is 1. The van der Waals surface area contributed by atoms with E-state index in [2.05, 4.69) is 44.2 Å². The molecular formula is C33H46FN3O6Si. The summed E-state index contributed by atoms with van der Waals surface area (Å²) in [5.41, 5.74) is 1.32. The third kappa shape index (κ3) is 7.80. The third-order valence-electron chi connectivity index (χ3n) is 8.51. The lowest BCUT2D eigenvalue weighted by Gasteiger charge is -2.39. The molecule has 0 spiro atoms. The number of carbonyl (C=O) groups excluding carboxylic acids is 2. The van der Waals surface area contributed by atoms with E-state index in [4.69, 9.17) is 13.9 Å². The van der Waals surface area contributed by atoms with Crippen LogP contribution in [0, 0.1) is 5.82 Å². The van der Waals surface area contributed by atoms with Crippen molar-refractivity contribution >= 4 is 31.4 Å². The molecule has 0 radical (unpaired) electrons. The lowest BCUT2D eigenvalue weighted by Crippen LogP contribution is -2.49.